The van der Waals surface area contributed by atoms with Gasteiger partial charge in [-0.15, -0.1) is 13.2 Å². The van der Waals surface area contributed by atoms with Crippen molar-refractivity contribution in [3.8, 4) is 0 Å². The van der Waals surface area contributed by atoms with Gasteiger partial charge in [0.25, 0.3) is 5.91 Å². The van der Waals surface area contributed by atoms with Crippen molar-refractivity contribution in [3.63, 3.8) is 0 Å². The van der Waals surface area contributed by atoms with Crippen LogP contribution in [-0.2, 0) is 29.2 Å². The fraction of sp³-hybridized carbons (Fsp3) is 0.235. The van der Waals surface area contributed by atoms with Crippen molar-refractivity contribution < 1.29 is 14.4 Å². The second-order valence-corrected chi connectivity index (χ2v) is 10.9. The number of carbonyl (C=O) groups excluding carboxylic acids is 3. The van der Waals surface area contributed by atoms with Gasteiger partial charge in [-0.1, -0.05) is 91.0 Å². The van der Waals surface area contributed by atoms with Crippen LogP contribution in [-0.4, -0.2) is 73.2 Å². The van der Waals surface area contributed by atoms with Crippen LogP contribution in [0.5, 0.6) is 0 Å². The minimum Gasteiger partial charge on any atom is -0.333 e. The number of piperazine rings is 1. The van der Waals surface area contributed by atoms with E-state index in [1.54, 1.807) is 27.0 Å². The number of amides is 4. The van der Waals surface area contributed by atoms with Gasteiger partial charge in [0.05, 0.1) is 37.9 Å². The maximum absolute atomic E-state index is 14.3. The molecule has 10 heteroatoms. The quantitative estimate of drug-likeness (QED) is 0.281. The molecule has 1 aromatic heterocycles. The van der Waals surface area contributed by atoms with Gasteiger partial charge in [-0.05, 0) is 16.7 Å². The van der Waals surface area contributed by atoms with Crippen molar-refractivity contribution in [2.75, 3.05) is 19.6 Å². The standard InChI is InChI=1S/C34H35N7O3/c1-3-18-38-31-27(21-36-38)16-11-17-28(31)22-37-23-29-40(39(19-4-2)34(44)35-20-25-12-7-5-8-13-25)24-30(42)41(29)32(33(37)43)26-14-9-6-10-15-26/h3-17,21,29,32H,1-2,18-20,22-24H2,(H,35,44)/t29-,32+/m1/s1. The van der Waals surface area contributed by atoms with E-state index < -0.39 is 12.2 Å². The summed E-state index contributed by atoms with van der Waals surface area (Å²) < 4.78 is 1.88. The first-order chi connectivity index (χ1) is 21.5. The van der Waals surface area contributed by atoms with Crippen LogP contribution in [0.15, 0.2) is 110 Å². The highest BCUT2D eigenvalue weighted by molar-refractivity contribution is 5.93. The Kier molecular flexibility index (Phi) is 8.25. The molecule has 224 valence electrons. The summed E-state index contributed by atoms with van der Waals surface area (Å²) in [6, 6.07) is 23.8. The number of nitrogens with one attached hydrogen (secondary N) is 1. The number of fused-ring (bicyclic) bond motifs is 2. The molecule has 3 aromatic carbocycles. The number of hydrazine groups is 1. The summed E-state index contributed by atoms with van der Waals surface area (Å²) in [6.07, 6.45) is 4.67. The predicted octanol–water partition coefficient (Wildman–Crippen LogP) is 4.09. The Bertz CT molecular complexity index is 1690. The summed E-state index contributed by atoms with van der Waals surface area (Å²) in [6.45, 7) is 9.29. The van der Waals surface area contributed by atoms with E-state index >= 15 is 0 Å². The molecule has 2 fully saturated rings. The van der Waals surface area contributed by atoms with E-state index in [9.17, 15) is 14.4 Å². The number of nitrogens with zero attached hydrogens (tertiary/aromatic N) is 6. The molecular formula is C34H35N7O3. The second-order valence-electron chi connectivity index (χ2n) is 10.9. The van der Waals surface area contributed by atoms with Gasteiger partial charge < -0.3 is 15.1 Å². The van der Waals surface area contributed by atoms with Gasteiger partial charge in [0.1, 0.15) is 12.2 Å². The summed E-state index contributed by atoms with van der Waals surface area (Å²) in [5.74, 6) is -0.383. The third-order valence-electron chi connectivity index (χ3n) is 8.11. The van der Waals surface area contributed by atoms with E-state index in [-0.39, 0.29) is 37.5 Å². The number of hydrogen-bond donors (Lipinski definition) is 1. The molecule has 4 amide bonds. The lowest BCUT2D eigenvalue weighted by Gasteiger charge is -2.46. The van der Waals surface area contributed by atoms with Gasteiger partial charge in [0.2, 0.25) is 5.91 Å². The molecule has 1 N–H and O–H groups in total. The van der Waals surface area contributed by atoms with Crippen LogP contribution in [0.2, 0.25) is 0 Å². The number of carbonyl (C=O) groups is 3. The van der Waals surface area contributed by atoms with Crippen molar-refractivity contribution in [3.05, 3.63) is 127 Å². The zero-order valence-electron chi connectivity index (χ0n) is 24.5. The number of aromatic nitrogens is 2. The first kappa shape index (κ1) is 28.9. The maximum Gasteiger partial charge on any atom is 0.332 e. The molecule has 0 spiro atoms. The largest absolute Gasteiger partial charge is 0.333 e. The van der Waals surface area contributed by atoms with Crippen molar-refractivity contribution in [2.45, 2.75) is 31.8 Å². The minimum absolute atomic E-state index is 0.0383. The molecule has 3 heterocycles. The third kappa shape index (κ3) is 5.47. The molecule has 0 aliphatic carbocycles. The summed E-state index contributed by atoms with van der Waals surface area (Å²) in [5, 5.41) is 11.8. The number of hydrogen-bond acceptors (Lipinski definition) is 5. The van der Waals surface area contributed by atoms with E-state index in [2.05, 4.69) is 23.6 Å². The zero-order valence-corrected chi connectivity index (χ0v) is 24.5. The second kappa shape index (κ2) is 12.6. The van der Waals surface area contributed by atoms with E-state index in [4.69, 9.17) is 0 Å². The Morgan fingerprint density at radius 3 is 2.45 bits per heavy atom. The monoisotopic (exact) mass is 589 g/mol. The molecule has 0 bridgehead atoms. The van der Waals surface area contributed by atoms with E-state index in [0.29, 0.717) is 19.6 Å². The highest BCUT2D eigenvalue weighted by Crippen LogP contribution is 2.36. The highest BCUT2D eigenvalue weighted by Gasteiger charge is 2.52. The van der Waals surface area contributed by atoms with E-state index in [0.717, 1.165) is 27.6 Å². The molecule has 4 aromatic rings. The summed E-state index contributed by atoms with van der Waals surface area (Å²) >= 11 is 0. The van der Waals surface area contributed by atoms with Crippen LogP contribution in [0.4, 0.5) is 4.79 Å². The Labute approximate surface area is 256 Å². The minimum atomic E-state index is -0.831. The van der Waals surface area contributed by atoms with Gasteiger partial charge >= 0.3 is 6.03 Å². The van der Waals surface area contributed by atoms with Crippen molar-refractivity contribution >= 4 is 28.7 Å². The van der Waals surface area contributed by atoms with E-state index in [1.807, 2.05) is 89.7 Å². The van der Waals surface area contributed by atoms with Gasteiger partial charge in [-0.3, -0.25) is 19.3 Å². The number of urea groups is 1. The molecule has 44 heavy (non-hydrogen) atoms. The van der Waals surface area contributed by atoms with Crippen molar-refractivity contribution in [1.29, 1.82) is 0 Å². The molecule has 2 saturated heterocycles. The molecule has 0 radical (unpaired) electrons. The predicted molar refractivity (Wildman–Crippen MR) is 167 cm³/mol. The van der Waals surface area contributed by atoms with Crippen LogP contribution < -0.4 is 5.32 Å². The van der Waals surface area contributed by atoms with Gasteiger partial charge in [-0.2, -0.15) is 10.1 Å². The molecule has 10 nitrogen and oxygen atoms in total. The average molecular weight is 590 g/mol. The van der Waals surface area contributed by atoms with Crippen LogP contribution in [0, 0.1) is 0 Å². The zero-order chi connectivity index (χ0) is 30.6. The molecule has 6 rings (SSSR count). The fourth-order valence-corrected chi connectivity index (χ4v) is 6.15. The highest BCUT2D eigenvalue weighted by atomic mass is 16.2. The lowest BCUT2D eigenvalue weighted by Crippen LogP contribution is -2.62. The van der Waals surface area contributed by atoms with Crippen LogP contribution in [0.25, 0.3) is 10.9 Å². The number of para-hydroxylation sites is 1. The normalized spacial score (nSPS) is 18.4. The molecular weight excluding hydrogens is 554 g/mol. The molecule has 0 saturated carbocycles. The van der Waals surface area contributed by atoms with E-state index in [1.165, 1.54) is 5.01 Å². The Balaban J connectivity index is 1.34. The summed E-state index contributed by atoms with van der Waals surface area (Å²) in [5.41, 5.74) is 3.56. The van der Waals surface area contributed by atoms with Gasteiger partial charge in [-0.25, -0.2) is 4.79 Å². The molecule has 0 unspecified atom stereocenters. The lowest BCUT2D eigenvalue weighted by atomic mass is 9.99. The Morgan fingerprint density at radius 2 is 1.73 bits per heavy atom. The van der Waals surface area contributed by atoms with Crippen LogP contribution in [0.1, 0.15) is 22.7 Å². The Morgan fingerprint density at radius 1 is 0.977 bits per heavy atom. The number of allylic oxidation sites excluding steroid dienone is 1. The SMILES string of the molecule is C=CCN(C(=O)NCc1ccccc1)N1CC(=O)N2[C@@H](c3ccccc3)C(=O)N(Cc3cccc4cnn(CC=C)c34)C[C@@H]21. The average Bonchev–Trinajstić information content (AvgIpc) is 3.61. The molecule has 2 aliphatic rings. The topological polar surface area (TPSA) is 94.0 Å². The number of rotatable bonds is 10. The molecule has 2 aliphatic heterocycles. The first-order valence-corrected chi connectivity index (χ1v) is 14.7. The third-order valence-corrected chi connectivity index (χ3v) is 8.11. The lowest BCUT2D eigenvalue weighted by molar-refractivity contribution is -0.158. The summed E-state index contributed by atoms with van der Waals surface area (Å²) in [4.78, 5) is 45.0. The summed E-state index contributed by atoms with van der Waals surface area (Å²) in [7, 11) is 0. The van der Waals surface area contributed by atoms with Crippen molar-refractivity contribution in [2.24, 2.45) is 0 Å². The number of benzene rings is 3. The van der Waals surface area contributed by atoms with Crippen LogP contribution in [0.3, 0.4) is 0 Å². The fourth-order valence-electron chi connectivity index (χ4n) is 6.15. The first-order valence-electron chi connectivity index (χ1n) is 14.7. The van der Waals surface area contributed by atoms with Gasteiger partial charge in [0, 0.05) is 18.5 Å². The Hall–Kier alpha value is -5.22. The smallest absolute Gasteiger partial charge is 0.332 e. The van der Waals surface area contributed by atoms with Crippen molar-refractivity contribution in [1.82, 2.24) is 34.9 Å². The molecule has 2 atom stereocenters. The maximum atomic E-state index is 14.3. The van der Waals surface area contributed by atoms with Crippen LogP contribution >= 0.6 is 0 Å². The van der Waals surface area contributed by atoms with Gasteiger partial charge in [0.15, 0.2) is 0 Å².